The average Bonchev–Trinajstić information content (AvgIpc) is 2.88. The average molecular weight is 314 g/mol. The van der Waals surface area contributed by atoms with Gasteiger partial charge in [0.25, 0.3) is 5.91 Å². The van der Waals surface area contributed by atoms with Crippen molar-refractivity contribution >= 4 is 28.2 Å². The minimum Gasteiger partial charge on any atom is -0.394 e. The van der Waals surface area contributed by atoms with Crippen molar-refractivity contribution in [1.29, 1.82) is 0 Å². The number of thiazole rings is 1. The smallest absolute Gasteiger partial charge is 0.268 e. The first-order valence-electron chi connectivity index (χ1n) is 6.85. The number of carbonyl (C=O) groups excluding carboxylic acids is 1. The maximum Gasteiger partial charge on any atom is 0.268 e. The number of carbonyl (C=O) groups is 1. The number of ether oxygens (including phenoxy) is 1. The van der Waals surface area contributed by atoms with Gasteiger partial charge in [0.15, 0.2) is 5.13 Å². The molecule has 1 amide bonds. The second-order valence-electron chi connectivity index (χ2n) is 5.64. The molecule has 2 rings (SSSR count). The van der Waals surface area contributed by atoms with Crippen LogP contribution in [0.1, 0.15) is 23.5 Å². The fourth-order valence-corrected chi connectivity index (χ4v) is 2.91. The molecule has 1 saturated heterocycles. The zero-order valence-electron chi connectivity index (χ0n) is 12.6. The van der Waals surface area contributed by atoms with Crippen molar-refractivity contribution in [3.05, 3.63) is 4.88 Å². The number of aliphatic hydroxyl groups excluding tert-OH is 1. The third-order valence-corrected chi connectivity index (χ3v) is 4.84. The summed E-state index contributed by atoms with van der Waals surface area (Å²) >= 11 is 1.29. The van der Waals surface area contributed by atoms with Gasteiger partial charge in [-0.05, 0) is 13.8 Å². The van der Waals surface area contributed by atoms with E-state index in [1.54, 1.807) is 20.9 Å². The summed E-state index contributed by atoms with van der Waals surface area (Å²) in [7, 11) is 1.66. The highest BCUT2D eigenvalue weighted by Gasteiger charge is 2.31. The van der Waals surface area contributed by atoms with Crippen LogP contribution in [0.4, 0.5) is 10.9 Å². The van der Waals surface area contributed by atoms with Crippen molar-refractivity contribution < 1.29 is 14.6 Å². The van der Waals surface area contributed by atoms with Gasteiger partial charge in [-0.15, -0.1) is 0 Å². The Morgan fingerprint density at radius 1 is 1.52 bits per heavy atom. The first-order chi connectivity index (χ1) is 9.86. The number of anilines is 2. The second kappa shape index (κ2) is 6.17. The van der Waals surface area contributed by atoms with E-state index in [-0.39, 0.29) is 18.3 Å². The van der Waals surface area contributed by atoms with Crippen molar-refractivity contribution in [3.8, 4) is 0 Å². The topological polar surface area (TPSA) is 91.9 Å². The molecule has 1 fully saturated rings. The Bertz CT molecular complexity index is 512. The van der Waals surface area contributed by atoms with E-state index < -0.39 is 5.54 Å². The first kappa shape index (κ1) is 16.0. The molecular formula is C13H22N4O3S. The van der Waals surface area contributed by atoms with Crippen LogP contribution in [0.15, 0.2) is 0 Å². The van der Waals surface area contributed by atoms with Gasteiger partial charge >= 0.3 is 0 Å². The van der Waals surface area contributed by atoms with Gasteiger partial charge in [-0.25, -0.2) is 4.98 Å². The fraction of sp³-hybridized carbons (Fsp3) is 0.692. The number of amides is 1. The summed E-state index contributed by atoms with van der Waals surface area (Å²) in [6.07, 6.45) is 0. The highest BCUT2D eigenvalue weighted by molar-refractivity contribution is 7.18. The van der Waals surface area contributed by atoms with Gasteiger partial charge in [0.1, 0.15) is 10.7 Å². The third kappa shape index (κ3) is 3.28. The van der Waals surface area contributed by atoms with Crippen molar-refractivity contribution in [3.63, 3.8) is 0 Å². The predicted molar refractivity (Wildman–Crippen MR) is 82.8 cm³/mol. The Labute approximate surface area is 128 Å². The number of hydrogen-bond acceptors (Lipinski definition) is 7. The van der Waals surface area contributed by atoms with Crippen molar-refractivity contribution in [2.45, 2.75) is 19.4 Å². The molecule has 2 heterocycles. The molecule has 0 aliphatic carbocycles. The number of nitrogens with two attached hydrogens (primary N) is 1. The lowest BCUT2D eigenvalue weighted by atomic mass is 10.1. The van der Waals surface area contributed by atoms with E-state index in [9.17, 15) is 9.90 Å². The van der Waals surface area contributed by atoms with Crippen molar-refractivity contribution in [1.82, 2.24) is 9.88 Å². The van der Waals surface area contributed by atoms with E-state index in [0.717, 1.165) is 18.2 Å². The molecule has 1 aliphatic rings. The Kier molecular flexibility index (Phi) is 4.70. The van der Waals surface area contributed by atoms with Crippen LogP contribution in [0.3, 0.4) is 0 Å². The van der Waals surface area contributed by atoms with E-state index in [4.69, 9.17) is 10.5 Å². The summed E-state index contributed by atoms with van der Waals surface area (Å²) in [6, 6.07) is 0. The lowest BCUT2D eigenvalue weighted by molar-refractivity contribution is 0.0478. The van der Waals surface area contributed by atoms with Gasteiger partial charge in [-0.3, -0.25) is 4.79 Å². The van der Waals surface area contributed by atoms with E-state index in [1.807, 2.05) is 0 Å². The van der Waals surface area contributed by atoms with Crippen LogP contribution in [0.2, 0.25) is 0 Å². The van der Waals surface area contributed by atoms with E-state index in [2.05, 4.69) is 9.88 Å². The zero-order chi connectivity index (χ0) is 15.6. The number of nitrogens with zero attached hydrogens (tertiary/aromatic N) is 3. The molecule has 118 valence electrons. The Hall–Kier alpha value is -1.38. The lowest BCUT2D eigenvalue weighted by Gasteiger charge is -2.33. The van der Waals surface area contributed by atoms with Gasteiger partial charge in [0.2, 0.25) is 0 Å². The van der Waals surface area contributed by atoms with Crippen LogP contribution in [0, 0.1) is 0 Å². The molecule has 1 aliphatic heterocycles. The lowest BCUT2D eigenvalue weighted by Crippen LogP contribution is -2.47. The summed E-state index contributed by atoms with van der Waals surface area (Å²) in [5.74, 6) is 0.0237. The van der Waals surface area contributed by atoms with Crippen LogP contribution < -0.4 is 10.6 Å². The standard InChI is InChI=1S/C13H22N4O3S/c1-13(2,8-18)16(3)11(19)9-10(14)15-12(21-9)17-4-6-20-7-5-17/h18H,4-8,14H2,1-3H3. The predicted octanol–water partition coefficient (Wildman–Crippen LogP) is 0.405. The SMILES string of the molecule is CN(C(=O)c1sc(N2CCOCC2)nc1N)C(C)(C)CO. The van der Waals surface area contributed by atoms with Crippen LogP contribution in [0.25, 0.3) is 0 Å². The van der Waals surface area contributed by atoms with Gasteiger partial charge in [0.05, 0.1) is 25.4 Å². The van der Waals surface area contributed by atoms with Crippen LogP contribution in [-0.2, 0) is 4.74 Å². The molecule has 0 unspecified atom stereocenters. The Morgan fingerprint density at radius 2 is 2.14 bits per heavy atom. The summed E-state index contributed by atoms with van der Waals surface area (Å²) in [5, 5.41) is 10.1. The Morgan fingerprint density at radius 3 is 2.71 bits per heavy atom. The maximum atomic E-state index is 12.5. The molecule has 0 aromatic carbocycles. The summed E-state index contributed by atoms with van der Waals surface area (Å²) in [5.41, 5.74) is 5.26. The first-order valence-corrected chi connectivity index (χ1v) is 7.66. The maximum absolute atomic E-state index is 12.5. The molecule has 0 saturated carbocycles. The van der Waals surface area contributed by atoms with E-state index >= 15 is 0 Å². The van der Waals surface area contributed by atoms with E-state index in [1.165, 1.54) is 16.2 Å². The molecule has 7 nitrogen and oxygen atoms in total. The molecular weight excluding hydrogens is 292 g/mol. The summed E-state index contributed by atoms with van der Waals surface area (Å²) in [6.45, 7) is 6.28. The quantitative estimate of drug-likeness (QED) is 0.836. The number of aliphatic hydroxyl groups is 1. The number of hydrogen-bond donors (Lipinski definition) is 2. The molecule has 0 radical (unpaired) electrons. The normalized spacial score (nSPS) is 16.1. The largest absolute Gasteiger partial charge is 0.394 e. The fourth-order valence-electron chi connectivity index (χ4n) is 1.90. The molecule has 1 aromatic heterocycles. The number of rotatable bonds is 4. The van der Waals surface area contributed by atoms with Crippen molar-refractivity contribution in [2.75, 3.05) is 50.6 Å². The monoisotopic (exact) mass is 314 g/mol. The third-order valence-electron chi connectivity index (χ3n) is 3.72. The van der Waals surface area contributed by atoms with Gasteiger partial charge < -0.3 is 25.4 Å². The summed E-state index contributed by atoms with van der Waals surface area (Å²) in [4.78, 5) is 20.8. The molecule has 1 aromatic rings. The molecule has 8 heteroatoms. The van der Waals surface area contributed by atoms with Crippen molar-refractivity contribution in [2.24, 2.45) is 0 Å². The Balaban J connectivity index is 2.20. The van der Waals surface area contributed by atoms with Crippen LogP contribution >= 0.6 is 11.3 Å². The molecule has 0 atom stereocenters. The van der Waals surface area contributed by atoms with Crippen LogP contribution in [-0.4, -0.2) is 66.4 Å². The number of morpholine rings is 1. The number of likely N-dealkylation sites (N-methyl/N-ethyl adjacent to an activating group) is 1. The minimum absolute atomic E-state index is 0.121. The number of nitrogen functional groups attached to an aromatic ring is 1. The highest BCUT2D eigenvalue weighted by atomic mass is 32.1. The zero-order valence-corrected chi connectivity index (χ0v) is 13.4. The highest BCUT2D eigenvalue weighted by Crippen LogP contribution is 2.30. The number of aromatic nitrogens is 1. The van der Waals surface area contributed by atoms with Crippen LogP contribution in [0.5, 0.6) is 0 Å². The molecule has 21 heavy (non-hydrogen) atoms. The molecule has 0 bridgehead atoms. The van der Waals surface area contributed by atoms with Gasteiger partial charge in [-0.1, -0.05) is 11.3 Å². The molecule has 0 spiro atoms. The molecule has 3 N–H and O–H groups in total. The van der Waals surface area contributed by atoms with Gasteiger partial charge in [-0.2, -0.15) is 0 Å². The minimum atomic E-state index is -0.646. The summed E-state index contributed by atoms with van der Waals surface area (Å²) < 4.78 is 5.30. The van der Waals surface area contributed by atoms with E-state index in [0.29, 0.717) is 18.1 Å². The van der Waals surface area contributed by atoms with Gasteiger partial charge in [0, 0.05) is 20.1 Å². The second-order valence-corrected chi connectivity index (χ2v) is 6.62.